The van der Waals surface area contributed by atoms with Gasteiger partial charge in [-0.15, -0.1) is 0 Å². The van der Waals surface area contributed by atoms with E-state index in [-0.39, 0.29) is 17.1 Å². The Bertz CT molecular complexity index is 1070. The summed E-state index contributed by atoms with van der Waals surface area (Å²) in [6.07, 6.45) is 1.19. The van der Waals surface area contributed by atoms with Crippen molar-refractivity contribution in [3.8, 4) is 17.6 Å². The zero-order valence-electron chi connectivity index (χ0n) is 14.4. The second-order valence-corrected chi connectivity index (χ2v) is 5.33. The molecule has 0 radical (unpaired) electrons. The van der Waals surface area contributed by atoms with E-state index in [4.69, 9.17) is 15.7 Å². The minimum Gasteiger partial charge on any atom is -0.450 e. The number of amides is 3. The average Bonchev–Trinajstić information content (AvgIpc) is 2.66. The quantitative estimate of drug-likeness (QED) is 0.321. The molecule has 0 saturated carbocycles. The van der Waals surface area contributed by atoms with Crippen molar-refractivity contribution in [2.75, 3.05) is 0 Å². The van der Waals surface area contributed by atoms with Crippen molar-refractivity contribution in [2.45, 2.75) is 0 Å². The van der Waals surface area contributed by atoms with E-state index < -0.39 is 33.2 Å². The van der Waals surface area contributed by atoms with Crippen LogP contribution >= 0.6 is 0 Å². The molecule has 0 bridgehead atoms. The summed E-state index contributed by atoms with van der Waals surface area (Å²) in [6.45, 7) is 0. The lowest BCUT2D eigenvalue weighted by Gasteiger charge is -2.07. The van der Waals surface area contributed by atoms with E-state index in [0.29, 0.717) is 5.56 Å². The van der Waals surface area contributed by atoms with Crippen LogP contribution < -0.4 is 15.8 Å². The Morgan fingerprint density at radius 1 is 1.10 bits per heavy atom. The van der Waals surface area contributed by atoms with E-state index in [9.17, 15) is 29.8 Å². The third kappa shape index (κ3) is 5.34. The van der Waals surface area contributed by atoms with Crippen molar-refractivity contribution in [1.82, 2.24) is 5.32 Å². The number of urea groups is 1. The van der Waals surface area contributed by atoms with Crippen LogP contribution in [0.1, 0.15) is 5.56 Å². The molecule has 12 heteroatoms. The SMILES string of the molecule is N#C/C(=C/c1ccc(Oc2ccc([N+](=O)[O-])cc2[N+](=O)[O-])cc1)C(=O)NC(N)=O. The number of rotatable bonds is 6. The lowest BCUT2D eigenvalue weighted by atomic mass is 10.1. The predicted molar refractivity (Wildman–Crippen MR) is 97.6 cm³/mol. The number of primary amides is 1. The van der Waals surface area contributed by atoms with Gasteiger partial charge in [0.2, 0.25) is 5.75 Å². The highest BCUT2D eigenvalue weighted by molar-refractivity contribution is 6.08. The second kappa shape index (κ2) is 8.73. The van der Waals surface area contributed by atoms with Gasteiger partial charge in [-0.2, -0.15) is 5.26 Å². The summed E-state index contributed by atoms with van der Waals surface area (Å²) in [6, 6.07) is 9.16. The predicted octanol–water partition coefficient (Wildman–Crippen LogP) is 2.40. The number of nitriles is 1. The first-order valence-corrected chi connectivity index (χ1v) is 7.64. The van der Waals surface area contributed by atoms with Gasteiger partial charge >= 0.3 is 11.7 Å². The fraction of sp³-hybridized carbons (Fsp3) is 0. The molecule has 0 unspecified atom stereocenters. The Balaban J connectivity index is 2.25. The molecule has 2 aromatic rings. The molecule has 3 N–H and O–H groups in total. The largest absolute Gasteiger partial charge is 0.450 e. The van der Waals surface area contributed by atoms with Crippen LogP contribution in [0.4, 0.5) is 16.2 Å². The van der Waals surface area contributed by atoms with Gasteiger partial charge in [-0.3, -0.25) is 30.3 Å². The van der Waals surface area contributed by atoms with Crippen LogP contribution in [0.2, 0.25) is 0 Å². The van der Waals surface area contributed by atoms with E-state index in [1.54, 1.807) is 11.4 Å². The van der Waals surface area contributed by atoms with Crippen molar-refractivity contribution >= 4 is 29.4 Å². The summed E-state index contributed by atoms with van der Waals surface area (Å²) in [5.74, 6) is -1.01. The molecule has 2 aromatic carbocycles. The van der Waals surface area contributed by atoms with Gasteiger partial charge in [0.1, 0.15) is 17.4 Å². The summed E-state index contributed by atoms with van der Waals surface area (Å²) in [5.41, 5.74) is 3.80. The van der Waals surface area contributed by atoms with E-state index in [2.05, 4.69) is 0 Å². The lowest BCUT2D eigenvalue weighted by Crippen LogP contribution is -2.35. The zero-order valence-corrected chi connectivity index (χ0v) is 14.4. The van der Waals surface area contributed by atoms with Gasteiger partial charge in [0.15, 0.2) is 0 Å². The number of non-ortho nitro benzene ring substituents is 1. The standard InChI is InChI=1S/C17H11N5O7/c18-9-11(16(23)20-17(19)24)7-10-1-4-13(5-2-10)29-15-6-3-12(21(25)26)8-14(15)22(27)28/h1-8H,(H3,19,20,23,24)/b11-7-. The lowest BCUT2D eigenvalue weighted by molar-refractivity contribution is -0.394. The van der Waals surface area contributed by atoms with E-state index in [0.717, 1.165) is 18.2 Å². The van der Waals surface area contributed by atoms with Crippen molar-refractivity contribution < 1.29 is 24.2 Å². The van der Waals surface area contributed by atoms with Crippen LogP contribution in [0.15, 0.2) is 48.0 Å². The first-order valence-electron chi connectivity index (χ1n) is 7.64. The molecule has 12 nitrogen and oxygen atoms in total. The molecular formula is C17H11N5O7. The Hall–Kier alpha value is -4.79. The summed E-state index contributed by atoms with van der Waals surface area (Å²) >= 11 is 0. The second-order valence-electron chi connectivity index (χ2n) is 5.33. The van der Waals surface area contributed by atoms with Crippen molar-refractivity contribution in [3.63, 3.8) is 0 Å². The number of nitrogens with zero attached hydrogens (tertiary/aromatic N) is 3. The molecule has 0 saturated heterocycles. The summed E-state index contributed by atoms with van der Waals surface area (Å²) in [7, 11) is 0. The highest BCUT2D eigenvalue weighted by atomic mass is 16.6. The number of benzene rings is 2. The molecule has 29 heavy (non-hydrogen) atoms. The maximum absolute atomic E-state index is 11.6. The number of ether oxygens (including phenoxy) is 1. The van der Waals surface area contributed by atoms with Gasteiger partial charge in [0.25, 0.3) is 11.6 Å². The number of nitrogens with one attached hydrogen (secondary N) is 1. The first-order chi connectivity index (χ1) is 13.7. The van der Waals surface area contributed by atoms with Gasteiger partial charge in [-0.1, -0.05) is 12.1 Å². The van der Waals surface area contributed by atoms with Crippen LogP contribution in [0.5, 0.6) is 11.5 Å². The molecule has 0 aromatic heterocycles. The van der Waals surface area contributed by atoms with Crippen molar-refractivity contribution in [1.29, 1.82) is 5.26 Å². The number of imide groups is 1. The Labute approximate surface area is 162 Å². The monoisotopic (exact) mass is 397 g/mol. The fourth-order valence-electron chi connectivity index (χ4n) is 2.10. The Morgan fingerprint density at radius 3 is 2.28 bits per heavy atom. The van der Waals surface area contributed by atoms with E-state index >= 15 is 0 Å². The van der Waals surface area contributed by atoms with Crippen molar-refractivity contribution in [2.24, 2.45) is 5.73 Å². The molecule has 0 aliphatic rings. The van der Waals surface area contributed by atoms with Crippen molar-refractivity contribution in [3.05, 3.63) is 73.8 Å². The first kappa shape index (κ1) is 20.5. The molecule has 0 fully saturated rings. The van der Waals surface area contributed by atoms with E-state index in [1.165, 1.54) is 30.3 Å². The maximum Gasteiger partial charge on any atom is 0.319 e. The van der Waals surface area contributed by atoms with Crippen LogP contribution in [0.25, 0.3) is 6.08 Å². The van der Waals surface area contributed by atoms with Gasteiger partial charge in [0, 0.05) is 6.07 Å². The molecule has 2 rings (SSSR count). The smallest absolute Gasteiger partial charge is 0.319 e. The van der Waals surface area contributed by atoms with Gasteiger partial charge in [-0.25, -0.2) is 4.79 Å². The minimum absolute atomic E-state index is 0.166. The number of carbonyl (C=O) groups excluding carboxylic acids is 2. The Morgan fingerprint density at radius 2 is 1.76 bits per heavy atom. The normalized spacial score (nSPS) is 10.5. The molecule has 0 aliphatic heterocycles. The van der Waals surface area contributed by atoms with Gasteiger partial charge < -0.3 is 10.5 Å². The van der Waals surface area contributed by atoms with Gasteiger partial charge in [0.05, 0.1) is 15.9 Å². The molecular weight excluding hydrogens is 386 g/mol. The molecule has 146 valence electrons. The third-order valence-corrected chi connectivity index (χ3v) is 3.37. The molecule has 0 aliphatic carbocycles. The topological polar surface area (TPSA) is 191 Å². The highest BCUT2D eigenvalue weighted by Gasteiger charge is 2.21. The zero-order chi connectivity index (χ0) is 21.6. The Kier molecular flexibility index (Phi) is 6.18. The molecule has 3 amide bonds. The number of hydrogen-bond donors (Lipinski definition) is 2. The van der Waals surface area contributed by atoms with Crippen LogP contribution in [-0.2, 0) is 4.79 Å². The summed E-state index contributed by atoms with van der Waals surface area (Å²) in [4.78, 5) is 42.6. The number of carbonyl (C=O) groups is 2. The van der Waals surface area contributed by atoms with E-state index in [1.807, 2.05) is 0 Å². The number of nitro groups is 2. The van der Waals surface area contributed by atoms with Crippen LogP contribution in [-0.4, -0.2) is 21.8 Å². The number of nitro benzene ring substituents is 2. The highest BCUT2D eigenvalue weighted by Crippen LogP contribution is 2.34. The molecule has 0 atom stereocenters. The van der Waals surface area contributed by atoms with Crippen LogP contribution in [0.3, 0.4) is 0 Å². The van der Waals surface area contributed by atoms with Crippen LogP contribution in [0, 0.1) is 31.6 Å². The number of hydrogen-bond acceptors (Lipinski definition) is 8. The summed E-state index contributed by atoms with van der Waals surface area (Å²) < 4.78 is 5.40. The molecule has 0 spiro atoms. The summed E-state index contributed by atoms with van der Waals surface area (Å²) in [5, 5.41) is 32.6. The third-order valence-electron chi connectivity index (χ3n) is 3.37. The molecule has 0 heterocycles. The fourth-order valence-corrected chi connectivity index (χ4v) is 2.10. The maximum atomic E-state index is 11.6. The average molecular weight is 397 g/mol. The van der Waals surface area contributed by atoms with Gasteiger partial charge in [-0.05, 0) is 29.8 Å². The minimum atomic E-state index is -1.11. The number of nitrogens with two attached hydrogens (primary N) is 1.